The fourth-order valence-electron chi connectivity index (χ4n) is 1.64. The van der Waals surface area contributed by atoms with E-state index in [1.54, 1.807) is 12.1 Å². The highest BCUT2D eigenvalue weighted by Gasteiger charge is 2.04. The van der Waals surface area contributed by atoms with Crippen LogP contribution in [-0.2, 0) is 0 Å². The number of hydrogen-bond acceptors (Lipinski definition) is 3. The third kappa shape index (κ3) is 3.67. The molecule has 0 N–H and O–H groups in total. The molecular formula is C15H13NO3. The molecule has 0 aromatic heterocycles. The minimum atomic E-state index is -0.434. The summed E-state index contributed by atoms with van der Waals surface area (Å²) in [6, 6.07) is 15.8. The van der Waals surface area contributed by atoms with Crippen LogP contribution in [-0.4, -0.2) is 4.92 Å². The monoisotopic (exact) mass is 255 g/mol. The Balaban J connectivity index is 2.08. The molecule has 2 aromatic rings. The van der Waals surface area contributed by atoms with Gasteiger partial charge in [-0.1, -0.05) is 30.3 Å². The minimum Gasteiger partial charge on any atom is -0.462 e. The molecule has 0 saturated heterocycles. The number of ether oxygens (including phenoxy) is 1. The Morgan fingerprint density at radius 1 is 1.11 bits per heavy atom. The van der Waals surface area contributed by atoms with E-state index >= 15 is 0 Å². The maximum atomic E-state index is 10.5. The molecule has 0 saturated carbocycles. The summed E-state index contributed by atoms with van der Waals surface area (Å²) in [5.74, 6) is 1.30. The average molecular weight is 255 g/mol. The number of hydrogen-bond donors (Lipinski definition) is 0. The molecule has 0 radical (unpaired) electrons. The quantitative estimate of drug-likeness (QED) is 0.470. The van der Waals surface area contributed by atoms with Crippen molar-refractivity contribution in [3.05, 3.63) is 76.0 Å². The van der Waals surface area contributed by atoms with E-state index in [-0.39, 0.29) is 5.69 Å². The average Bonchev–Trinajstić information content (AvgIpc) is 2.40. The van der Waals surface area contributed by atoms with Gasteiger partial charge >= 0.3 is 0 Å². The summed E-state index contributed by atoms with van der Waals surface area (Å²) in [5, 5.41) is 10.5. The van der Waals surface area contributed by atoms with Crippen LogP contribution in [0.25, 0.3) is 6.08 Å². The first-order valence-corrected chi connectivity index (χ1v) is 5.81. The van der Waals surface area contributed by atoms with Crippen molar-refractivity contribution in [2.75, 3.05) is 0 Å². The number of benzene rings is 2. The van der Waals surface area contributed by atoms with Crippen LogP contribution in [0.4, 0.5) is 5.69 Å². The Kier molecular flexibility index (Phi) is 3.93. The van der Waals surface area contributed by atoms with Crippen molar-refractivity contribution in [2.45, 2.75) is 6.92 Å². The number of allylic oxidation sites excluding steroid dienone is 1. The van der Waals surface area contributed by atoms with Gasteiger partial charge in [0.15, 0.2) is 0 Å². The fraction of sp³-hybridized carbons (Fsp3) is 0.0667. The van der Waals surface area contributed by atoms with Gasteiger partial charge in [0.05, 0.1) is 4.92 Å². The van der Waals surface area contributed by atoms with Gasteiger partial charge in [-0.15, -0.1) is 0 Å². The Hall–Kier alpha value is -2.62. The molecule has 0 fully saturated rings. The summed E-state index contributed by atoms with van der Waals surface area (Å²) >= 11 is 0. The van der Waals surface area contributed by atoms with Crippen LogP contribution >= 0.6 is 0 Å². The molecule has 19 heavy (non-hydrogen) atoms. The first-order valence-electron chi connectivity index (χ1n) is 5.81. The first-order chi connectivity index (χ1) is 9.15. The number of nitrogens with zero attached hydrogens (tertiary/aromatic N) is 1. The predicted molar refractivity (Wildman–Crippen MR) is 73.8 cm³/mol. The Morgan fingerprint density at radius 2 is 1.74 bits per heavy atom. The third-order valence-electron chi connectivity index (χ3n) is 2.50. The second-order valence-corrected chi connectivity index (χ2v) is 4.02. The van der Waals surface area contributed by atoms with Crippen molar-refractivity contribution in [1.82, 2.24) is 0 Å². The summed E-state index contributed by atoms with van der Waals surface area (Å²) in [4.78, 5) is 10.1. The lowest BCUT2D eigenvalue weighted by molar-refractivity contribution is -0.384. The summed E-state index contributed by atoms with van der Waals surface area (Å²) in [6.07, 6.45) is 1.90. The molecule has 0 atom stereocenters. The van der Waals surface area contributed by atoms with Gasteiger partial charge in [0.25, 0.3) is 5.69 Å². The minimum absolute atomic E-state index is 0.0528. The van der Waals surface area contributed by atoms with E-state index in [1.165, 1.54) is 12.1 Å². The van der Waals surface area contributed by atoms with Gasteiger partial charge in [0.2, 0.25) is 0 Å². The molecule has 2 aromatic carbocycles. The first kappa shape index (κ1) is 12.8. The fourth-order valence-corrected chi connectivity index (χ4v) is 1.64. The molecule has 0 heterocycles. The number of nitro groups is 1. The molecule has 0 aliphatic carbocycles. The summed E-state index contributed by atoms with van der Waals surface area (Å²) in [6.45, 7) is 1.84. The van der Waals surface area contributed by atoms with Gasteiger partial charge < -0.3 is 4.74 Å². The van der Waals surface area contributed by atoms with E-state index in [0.29, 0.717) is 5.75 Å². The molecule has 0 aliphatic rings. The zero-order valence-electron chi connectivity index (χ0n) is 10.4. The van der Waals surface area contributed by atoms with Gasteiger partial charge in [-0.05, 0) is 30.7 Å². The lowest BCUT2D eigenvalue weighted by atomic mass is 10.2. The van der Waals surface area contributed by atoms with Crippen LogP contribution in [0.1, 0.15) is 12.5 Å². The number of rotatable bonds is 4. The van der Waals surface area contributed by atoms with Gasteiger partial charge in [-0.25, -0.2) is 0 Å². The number of non-ortho nitro benzene ring substituents is 1. The normalized spacial score (nSPS) is 11.1. The van der Waals surface area contributed by atoms with Crippen molar-refractivity contribution >= 4 is 11.8 Å². The van der Waals surface area contributed by atoms with E-state index in [1.807, 2.05) is 43.3 Å². The molecule has 4 nitrogen and oxygen atoms in total. The van der Waals surface area contributed by atoms with Crippen LogP contribution in [0, 0.1) is 10.1 Å². The van der Waals surface area contributed by atoms with E-state index in [2.05, 4.69) is 0 Å². The molecule has 0 amide bonds. The van der Waals surface area contributed by atoms with Crippen molar-refractivity contribution in [3.8, 4) is 5.75 Å². The molecular weight excluding hydrogens is 242 g/mol. The molecule has 2 rings (SSSR count). The van der Waals surface area contributed by atoms with Gasteiger partial charge in [0.1, 0.15) is 11.5 Å². The summed E-state index contributed by atoms with van der Waals surface area (Å²) in [5.41, 5.74) is 1.10. The second-order valence-electron chi connectivity index (χ2n) is 4.02. The van der Waals surface area contributed by atoms with Crippen LogP contribution < -0.4 is 4.74 Å². The lowest BCUT2D eigenvalue weighted by Gasteiger charge is -2.05. The second kappa shape index (κ2) is 5.82. The Morgan fingerprint density at radius 3 is 2.32 bits per heavy atom. The van der Waals surface area contributed by atoms with E-state index in [9.17, 15) is 10.1 Å². The van der Waals surface area contributed by atoms with Crippen LogP contribution in [0.15, 0.2) is 60.4 Å². The molecule has 0 spiro atoms. The van der Waals surface area contributed by atoms with Crippen molar-refractivity contribution in [2.24, 2.45) is 0 Å². The van der Waals surface area contributed by atoms with Gasteiger partial charge in [-0.3, -0.25) is 10.1 Å². The van der Waals surface area contributed by atoms with Crippen molar-refractivity contribution in [1.29, 1.82) is 0 Å². The van der Waals surface area contributed by atoms with Gasteiger partial charge in [0, 0.05) is 12.1 Å². The van der Waals surface area contributed by atoms with Crippen LogP contribution in [0.2, 0.25) is 0 Å². The number of nitro benzene ring substituents is 1. The SMILES string of the molecule is C/C(=C/c1ccccc1)Oc1ccc([N+](=O)[O-])cc1. The smallest absolute Gasteiger partial charge is 0.269 e. The molecule has 96 valence electrons. The van der Waals surface area contributed by atoms with Crippen LogP contribution in [0.3, 0.4) is 0 Å². The highest BCUT2D eigenvalue weighted by atomic mass is 16.6. The van der Waals surface area contributed by atoms with Gasteiger partial charge in [-0.2, -0.15) is 0 Å². The lowest BCUT2D eigenvalue weighted by Crippen LogP contribution is -1.92. The van der Waals surface area contributed by atoms with E-state index < -0.39 is 4.92 Å². The maximum Gasteiger partial charge on any atom is 0.269 e. The zero-order chi connectivity index (χ0) is 13.7. The van der Waals surface area contributed by atoms with E-state index in [4.69, 9.17) is 4.74 Å². The standard InChI is InChI=1S/C15H13NO3/c1-12(11-13-5-3-2-4-6-13)19-15-9-7-14(8-10-15)16(17)18/h2-11H,1H3/b12-11-. The maximum absolute atomic E-state index is 10.5. The molecule has 0 unspecified atom stereocenters. The van der Waals surface area contributed by atoms with Crippen molar-refractivity contribution < 1.29 is 9.66 Å². The Bertz CT molecular complexity index is 589. The highest BCUT2D eigenvalue weighted by Crippen LogP contribution is 2.19. The predicted octanol–water partition coefficient (Wildman–Crippen LogP) is 4.03. The topological polar surface area (TPSA) is 52.4 Å². The summed E-state index contributed by atoms with van der Waals surface area (Å²) in [7, 11) is 0. The molecule has 0 bridgehead atoms. The van der Waals surface area contributed by atoms with E-state index in [0.717, 1.165) is 11.3 Å². The highest BCUT2D eigenvalue weighted by molar-refractivity contribution is 5.51. The Labute approximate surface area is 111 Å². The largest absolute Gasteiger partial charge is 0.462 e. The molecule has 4 heteroatoms. The third-order valence-corrected chi connectivity index (χ3v) is 2.50. The van der Waals surface area contributed by atoms with Crippen LogP contribution in [0.5, 0.6) is 5.75 Å². The van der Waals surface area contributed by atoms with Crippen molar-refractivity contribution in [3.63, 3.8) is 0 Å². The molecule has 0 aliphatic heterocycles. The zero-order valence-corrected chi connectivity index (χ0v) is 10.4. The summed E-state index contributed by atoms with van der Waals surface area (Å²) < 4.78 is 5.59.